The number of pyridine rings is 1. The Morgan fingerprint density at radius 1 is 1.21 bits per heavy atom. The van der Waals surface area contributed by atoms with Crippen LogP contribution in [0.2, 0.25) is 0 Å². The molecule has 0 amide bonds. The van der Waals surface area contributed by atoms with Gasteiger partial charge < -0.3 is 4.42 Å². The van der Waals surface area contributed by atoms with Crippen LogP contribution in [0.3, 0.4) is 0 Å². The number of nitrogens with zero attached hydrogens (tertiary/aromatic N) is 3. The number of rotatable bonds is 5. The van der Waals surface area contributed by atoms with Crippen LogP contribution >= 0.6 is 0 Å². The van der Waals surface area contributed by atoms with Gasteiger partial charge in [0, 0.05) is 6.20 Å². The van der Waals surface area contributed by atoms with Crippen molar-refractivity contribution >= 4 is 10.0 Å². The molecule has 0 unspecified atom stereocenters. The van der Waals surface area contributed by atoms with Gasteiger partial charge in [-0.1, -0.05) is 6.07 Å². The van der Waals surface area contributed by atoms with Crippen molar-refractivity contribution in [1.29, 1.82) is 0 Å². The van der Waals surface area contributed by atoms with E-state index in [0.29, 0.717) is 5.69 Å². The maximum atomic E-state index is 13.2. The van der Waals surface area contributed by atoms with Gasteiger partial charge in [-0.3, -0.25) is 4.98 Å². The molecule has 3 rings (SSSR count). The predicted molar refractivity (Wildman–Crippen MR) is 82.7 cm³/mol. The first-order valence-electron chi connectivity index (χ1n) is 6.95. The van der Waals surface area contributed by atoms with Crippen molar-refractivity contribution in [3.8, 4) is 11.6 Å². The number of nitrogens with one attached hydrogen (secondary N) is 1. The fourth-order valence-corrected chi connectivity index (χ4v) is 3.00. The minimum Gasteiger partial charge on any atom is -0.418 e. The second-order valence-corrected chi connectivity index (χ2v) is 6.72. The van der Waals surface area contributed by atoms with E-state index in [1.54, 1.807) is 24.4 Å². The first-order chi connectivity index (χ1) is 11.5. The molecule has 0 aliphatic heterocycles. The van der Waals surface area contributed by atoms with E-state index in [1.807, 2.05) is 0 Å². The summed E-state index contributed by atoms with van der Waals surface area (Å²) in [5.74, 6) is -0.175. The van der Waals surface area contributed by atoms with Crippen molar-refractivity contribution in [2.45, 2.75) is 18.4 Å². The number of aromatic nitrogens is 3. The molecule has 0 atom stereocenters. The van der Waals surface area contributed by atoms with Gasteiger partial charge in [-0.25, -0.2) is 17.5 Å². The van der Waals surface area contributed by atoms with Crippen LogP contribution in [0.5, 0.6) is 0 Å². The Hall–Kier alpha value is -2.65. The third-order valence-electron chi connectivity index (χ3n) is 3.20. The van der Waals surface area contributed by atoms with Gasteiger partial charge in [0.25, 0.3) is 5.89 Å². The standard InChI is InChI=1S/C15H13FN4O3S/c1-10-8-11(5-6-12(10)16)24(21,22)18-9-14-19-20-15(23-14)13-4-2-3-7-17-13/h2-8,18H,9H2,1H3. The third kappa shape index (κ3) is 3.47. The molecule has 1 N–H and O–H groups in total. The maximum absolute atomic E-state index is 13.2. The highest BCUT2D eigenvalue weighted by molar-refractivity contribution is 7.89. The molecule has 0 radical (unpaired) electrons. The summed E-state index contributed by atoms with van der Waals surface area (Å²) in [4.78, 5) is 4.03. The van der Waals surface area contributed by atoms with E-state index in [4.69, 9.17) is 4.42 Å². The van der Waals surface area contributed by atoms with E-state index in [2.05, 4.69) is 19.9 Å². The van der Waals surface area contributed by atoms with Gasteiger partial charge in [0.1, 0.15) is 11.5 Å². The molecule has 1 aromatic carbocycles. The normalized spacial score (nSPS) is 11.6. The summed E-state index contributed by atoms with van der Waals surface area (Å²) < 4.78 is 45.4. The second kappa shape index (κ2) is 6.46. The summed E-state index contributed by atoms with van der Waals surface area (Å²) in [6.45, 7) is 1.31. The third-order valence-corrected chi connectivity index (χ3v) is 4.60. The first kappa shape index (κ1) is 16.2. The Labute approximate surface area is 137 Å². The van der Waals surface area contributed by atoms with Crippen LogP contribution < -0.4 is 4.72 Å². The lowest BCUT2D eigenvalue weighted by molar-refractivity contribution is 0.493. The molecule has 7 nitrogen and oxygen atoms in total. The SMILES string of the molecule is Cc1cc(S(=O)(=O)NCc2nnc(-c3ccccn3)o2)ccc1F. The largest absolute Gasteiger partial charge is 0.418 e. The lowest BCUT2D eigenvalue weighted by Crippen LogP contribution is -2.23. The predicted octanol–water partition coefficient (Wildman–Crippen LogP) is 2.06. The van der Waals surface area contributed by atoms with Gasteiger partial charge >= 0.3 is 0 Å². The fraction of sp³-hybridized carbons (Fsp3) is 0.133. The van der Waals surface area contributed by atoms with Crippen molar-refractivity contribution < 1.29 is 17.2 Å². The molecule has 0 saturated heterocycles. The molecule has 2 heterocycles. The quantitative estimate of drug-likeness (QED) is 0.758. The molecule has 0 fully saturated rings. The van der Waals surface area contributed by atoms with Gasteiger partial charge in [0.15, 0.2) is 0 Å². The van der Waals surface area contributed by atoms with Crippen LogP contribution in [0.1, 0.15) is 11.5 Å². The van der Waals surface area contributed by atoms with E-state index in [0.717, 1.165) is 6.07 Å². The molecule has 9 heteroatoms. The van der Waals surface area contributed by atoms with Crippen molar-refractivity contribution in [3.63, 3.8) is 0 Å². The van der Waals surface area contributed by atoms with Crippen LogP contribution in [-0.2, 0) is 16.6 Å². The van der Waals surface area contributed by atoms with E-state index in [9.17, 15) is 12.8 Å². The molecule has 124 valence electrons. The number of benzene rings is 1. The molecule has 0 spiro atoms. The summed E-state index contributed by atoms with van der Waals surface area (Å²) in [5.41, 5.74) is 0.737. The molecule has 0 saturated carbocycles. The first-order valence-corrected chi connectivity index (χ1v) is 8.43. The summed E-state index contributed by atoms with van der Waals surface area (Å²) in [5, 5.41) is 7.60. The minimum absolute atomic E-state index is 0.0362. The lowest BCUT2D eigenvalue weighted by atomic mass is 10.2. The Morgan fingerprint density at radius 2 is 2.04 bits per heavy atom. The number of hydrogen-bond donors (Lipinski definition) is 1. The minimum atomic E-state index is -3.81. The number of halogens is 1. The Bertz CT molecular complexity index is 958. The highest BCUT2D eigenvalue weighted by Gasteiger charge is 2.17. The lowest BCUT2D eigenvalue weighted by Gasteiger charge is -2.06. The average molecular weight is 348 g/mol. The number of sulfonamides is 1. The zero-order chi connectivity index (χ0) is 17.2. The maximum Gasteiger partial charge on any atom is 0.266 e. The van der Waals surface area contributed by atoms with E-state index >= 15 is 0 Å². The van der Waals surface area contributed by atoms with Gasteiger partial charge in [-0.05, 0) is 42.8 Å². The van der Waals surface area contributed by atoms with Crippen molar-refractivity contribution in [2.75, 3.05) is 0 Å². The Morgan fingerprint density at radius 3 is 2.75 bits per heavy atom. The van der Waals surface area contributed by atoms with Gasteiger partial charge in [0.05, 0.1) is 11.4 Å². The molecule has 0 aliphatic carbocycles. The topological polar surface area (TPSA) is 98.0 Å². The van der Waals surface area contributed by atoms with E-state index in [-0.39, 0.29) is 28.8 Å². The Balaban J connectivity index is 1.73. The van der Waals surface area contributed by atoms with Crippen molar-refractivity contribution in [3.05, 3.63) is 59.9 Å². The molecule has 3 aromatic rings. The van der Waals surface area contributed by atoms with Crippen LogP contribution in [0.25, 0.3) is 11.6 Å². The summed E-state index contributed by atoms with van der Waals surface area (Å²) in [7, 11) is -3.81. The van der Waals surface area contributed by atoms with Gasteiger partial charge in [-0.2, -0.15) is 0 Å². The molecular weight excluding hydrogens is 335 g/mol. The van der Waals surface area contributed by atoms with Crippen molar-refractivity contribution in [1.82, 2.24) is 19.9 Å². The second-order valence-electron chi connectivity index (χ2n) is 4.95. The zero-order valence-electron chi connectivity index (χ0n) is 12.6. The van der Waals surface area contributed by atoms with Crippen molar-refractivity contribution in [2.24, 2.45) is 0 Å². The van der Waals surface area contributed by atoms with E-state index in [1.165, 1.54) is 19.1 Å². The number of hydrogen-bond acceptors (Lipinski definition) is 6. The number of aryl methyl sites for hydroxylation is 1. The van der Waals surface area contributed by atoms with Crippen LogP contribution in [0, 0.1) is 12.7 Å². The molecular formula is C15H13FN4O3S. The summed E-state index contributed by atoms with van der Waals surface area (Å²) >= 11 is 0. The molecule has 0 aliphatic rings. The highest BCUT2D eigenvalue weighted by Crippen LogP contribution is 2.16. The van der Waals surface area contributed by atoms with Crippen LogP contribution in [0.15, 0.2) is 51.9 Å². The van der Waals surface area contributed by atoms with Crippen LogP contribution in [0.4, 0.5) is 4.39 Å². The molecule has 24 heavy (non-hydrogen) atoms. The summed E-state index contributed by atoms with van der Waals surface area (Å²) in [6, 6.07) is 8.77. The van der Waals surface area contributed by atoms with Gasteiger partial charge in [-0.15, -0.1) is 10.2 Å². The monoisotopic (exact) mass is 348 g/mol. The zero-order valence-corrected chi connectivity index (χ0v) is 13.4. The van der Waals surface area contributed by atoms with Crippen LogP contribution in [-0.4, -0.2) is 23.6 Å². The Kier molecular flexibility index (Phi) is 4.36. The molecule has 0 bridgehead atoms. The van der Waals surface area contributed by atoms with Gasteiger partial charge in [0.2, 0.25) is 15.9 Å². The summed E-state index contributed by atoms with van der Waals surface area (Å²) in [6.07, 6.45) is 1.58. The average Bonchev–Trinajstić information content (AvgIpc) is 3.05. The fourth-order valence-electron chi connectivity index (χ4n) is 1.94. The highest BCUT2D eigenvalue weighted by atomic mass is 32.2. The molecule has 2 aromatic heterocycles. The smallest absolute Gasteiger partial charge is 0.266 e. The van der Waals surface area contributed by atoms with E-state index < -0.39 is 15.8 Å².